The molecule has 0 atom stereocenters. The summed E-state index contributed by atoms with van der Waals surface area (Å²) in [5.74, 6) is -0.419. The number of hydrogen-bond donors (Lipinski definition) is 0. The molecule has 3 aromatic heterocycles. The van der Waals surface area contributed by atoms with Crippen LogP contribution in [0, 0.1) is 0 Å². The van der Waals surface area contributed by atoms with Crippen LogP contribution in [0.1, 0.15) is 17.3 Å². The molecule has 96 valence electrons. The minimum Gasteiger partial charge on any atom is -0.462 e. The summed E-state index contributed by atoms with van der Waals surface area (Å²) in [6, 6.07) is 5.53. The standard InChI is InChI=1S/C13H10ClN3O2/c1-2-19-13(18)9-8-5-3-4-6-17(8)12-10(9)11(14)15-7-16-12/h3-7H,2H2,1H3. The second-order valence-electron chi connectivity index (χ2n) is 3.91. The van der Waals surface area contributed by atoms with Crippen molar-refractivity contribution in [3.63, 3.8) is 0 Å². The van der Waals surface area contributed by atoms with Crippen LogP contribution >= 0.6 is 11.6 Å². The lowest BCUT2D eigenvalue weighted by Gasteiger charge is -2.01. The van der Waals surface area contributed by atoms with Crippen LogP contribution in [0.4, 0.5) is 0 Å². The Balaban J connectivity index is 2.47. The minimum absolute atomic E-state index is 0.247. The first-order valence-corrected chi connectivity index (χ1v) is 6.18. The second kappa shape index (κ2) is 4.51. The number of hydrogen-bond acceptors (Lipinski definition) is 4. The van der Waals surface area contributed by atoms with Gasteiger partial charge in [-0.15, -0.1) is 0 Å². The van der Waals surface area contributed by atoms with Crippen LogP contribution in [-0.4, -0.2) is 26.9 Å². The van der Waals surface area contributed by atoms with Gasteiger partial charge in [0.1, 0.15) is 17.1 Å². The van der Waals surface area contributed by atoms with Gasteiger partial charge in [0.2, 0.25) is 0 Å². The zero-order chi connectivity index (χ0) is 13.4. The Morgan fingerprint density at radius 1 is 1.42 bits per heavy atom. The molecule has 0 unspecified atom stereocenters. The number of carbonyl (C=O) groups is 1. The van der Waals surface area contributed by atoms with Gasteiger partial charge in [-0.1, -0.05) is 17.7 Å². The highest BCUT2D eigenvalue weighted by Crippen LogP contribution is 2.30. The highest BCUT2D eigenvalue weighted by Gasteiger charge is 2.22. The summed E-state index contributed by atoms with van der Waals surface area (Å²) in [7, 11) is 0. The molecule has 6 heteroatoms. The fraction of sp³-hybridized carbons (Fsp3) is 0.154. The van der Waals surface area contributed by atoms with E-state index in [9.17, 15) is 4.79 Å². The van der Waals surface area contributed by atoms with Crippen LogP contribution in [0.2, 0.25) is 5.15 Å². The molecule has 0 amide bonds. The van der Waals surface area contributed by atoms with E-state index in [1.54, 1.807) is 11.3 Å². The lowest BCUT2D eigenvalue weighted by molar-refractivity contribution is 0.0531. The van der Waals surface area contributed by atoms with Gasteiger partial charge in [0, 0.05) is 6.20 Å². The Kier molecular flexibility index (Phi) is 2.83. The van der Waals surface area contributed by atoms with Crippen LogP contribution < -0.4 is 0 Å². The van der Waals surface area contributed by atoms with Crippen molar-refractivity contribution in [2.75, 3.05) is 6.61 Å². The zero-order valence-electron chi connectivity index (χ0n) is 10.1. The van der Waals surface area contributed by atoms with Gasteiger partial charge in [0.15, 0.2) is 0 Å². The molecule has 3 heterocycles. The van der Waals surface area contributed by atoms with Gasteiger partial charge >= 0.3 is 5.97 Å². The van der Waals surface area contributed by atoms with Crippen LogP contribution in [0.25, 0.3) is 16.6 Å². The lowest BCUT2D eigenvalue weighted by atomic mass is 10.2. The summed E-state index contributed by atoms with van der Waals surface area (Å²) < 4.78 is 6.89. The number of aromatic nitrogens is 3. The largest absolute Gasteiger partial charge is 0.462 e. The number of nitrogens with zero attached hydrogens (tertiary/aromatic N) is 3. The molecule has 0 aliphatic heterocycles. The normalized spacial score (nSPS) is 11.1. The lowest BCUT2D eigenvalue weighted by Crippen LogP contribution is -2.04. The molecular formula is C13H10ClN3O2. The third-order valence-corrected chi connectivity index (χ3v) is 3.14. The molecule has 0 aliphatic rings. The molecule has 0 spiro atoms. The molecular weight excluding hydrogens is 266 g/mol. The van der Waals surface area contributed by atoms with E-state index in [4.69, 9.17) is 16.3 Å². The van der Waals surface area contributed by atoms with E-state index in [-0.39, 0.29) is 5.15 Å². The van der Waals surface area contributed by atoms with E-state index in [0.717, 1.165) is 0 Å². The van der Waals surface area contributed by atoms with E-state index in [1.807, 2.05) is 24.4 Å². The van der Waals surface area contributed by atoms with Crippen molar-refractivity contribution < 1.29 is 9.53 Å². The number of rotatable bonds is 2. The molecule has 3 rings (SSSR count). The van der Waals surface area contributed by atoms with E-state index in [0.29, 0.717) is 28.7 Å². The number of carbonyl (C=O) groups excluding carboxylic acids is 1. The third kappa shape index (κ3) is 1.74. The summed E-state index contributed by atoms with van der Waals surface area (Å²) in [5.41, 5.74) is 1.71. The highest BCUT2D eigenvalue weighted by molar-refractivity contribution is 6.36. The number of pyridine rings is 1. The zero-order valence-corrected chi connectivity index (χ0v) is 10.9. The van der Waals surface area contributed by atoms with E-state index < -0.39 is 5.97 Å². The summed E-state index contributed by atoms with van der Waals surface area (Å²) in [5, 5.41) is 0.769. The molecule has 3 aromatic rings. The molecule has 0 aromatic carbocycles. The predicted octanol–water partition coefficient (Wildman–Crippen LogP) is 2.71. The van der Waals surface area contributed by atoms with Crippen molar-refractivity contribution in [1.29, 1.82) is 0 Å². The second-order valence-corrected chi connectivity index (χ2v) is 4.27. The molecule has 5 nitrogen and oxygen atoms in total. The first-order chi connectivity index (χ1) is 9.24. The molecule has 0 saturated carbocycles. The number of halogens is 1. The maximum Gasteiger partial charge on any atom is 0.341 e. The van der Waals surface area contributed by atoms with Gasteiger partial charge < -0.3 is 9.14 Å². The van der Waals surface area contributed by atoms with Gasteiger partial charge in [-0.2, -0.15) is 0 Å². The Bertz CT molecular complexity index is 782. The SMILES string of the molecule is CCOC(=O)c1c2c(Cl)ncnc2n2ccccc12. The monoisotopic (exact) mass is 275 g/mol. The highest BCUT2D eigenvalue weighted by atomic mass is 35.5. The van der Waals surface area contributed by atoms with E-state index in [2.05, 4.69) is 9.97 Å². The van der Waals surface area contributed by atoms with Crippen molar-refractivity contribution in [2.24, 2.45) is 0 Å². The fourth-order valence-corrected chi connectivity index (χ4v) is 2.35. The Morgan fingerprint density at radius 2 is 2.26 bits per heavy atom. The first-order valence-electron chi connectivity index (χ1n) is 5.80. The molecule has 0 aliphatic carbocycles. The number of ether oxygens (including phenoxy) is 1. The average Bonchev–Trinajstić information content (AvgIpc) is 2.75. The van der Waals surface area contributed by atoms with Crippen LogP contribution in [0.5, 0.6) is 0 Å². The Labute approximate surface area is 113 Å². The van der Waals surface area contributed by atoms with Crippen LogP contribution in [-0.2, 0) is 4.74 Å². The Hall–Kier alpha value is -2.14. The van der Waals surface area contributed by atoms with Gasteiger partial charge in [0.25, 0.3) is 0 Å². The van der Waals surface area contributed by atoms with E-state index in [1.165, 1.54) is 6.33 Å². The van der Waals surface area contributed by atoms with Crippen LogP contribution in [0.15, 0.2) is 30.7 Å². The van der Waals surface area contributed by atoms with Gasteiger partial charge in [-0.3, -0.25) is 0 Å². The molecule has 19 heavy (non-hydrogen) atoms. The van der Waals surface area contributed by atoms with Crippen molar-refractivity contribution in [1.82, 2.24) is 14.4 Å². The molecule has 0 bridgehead atoms. The van der Waals surface area contributed by atoms with Gasteiger partial charge in [0.05, 0.1) is 23.1 Å². The molecule has 0 N–H and O–H groups in total. The minimum atomic E-state index is -0.419. The maximum absolute atomic E-state index is 12.1. The van der Waals surface area contributed by atoms with Crippen molar-refractivity contribution in [3.05, 3.63) is 41.4 Å². The number of fused-ring (bicyclic) bond motifs is 3. The first kappa shape index (κ1) is 11.9. The molecule has 0 saturated heterocycles. The summed E-state index contributed by atoms with van der Waals surface area (Å²) in [6.45, 7) is 2.06. The van der Waals surface area contributed by atoms with Crippen molar-refractivity contribution in [2.45, 2.75) is 6.92 Å². The van der Waals surface area contributed by atoms with Crippen molar-refractivity contribution >= 4 is 34.1 Å². The Morgan fingerprint density at radius 3 is 3.05 bits per heavy atom. The maximum atomic E-state index is 12.1. The summed E-state index contributed by atoms with van der Waals surface area (Å²) >= 11 is 6.11. The van der Waals surface area contributed by atoms with Gasteiger partial charge in [-0.25, -0.2) is 14.8 Å². The average molecular weight is 276 g/mol. The van der Waals surface area contributed by atoms with Gasteiger partial charge in [-0.05, 0) is 19.1 Å². The third-order valence-electron chi connectivity index (χ3n) is 2.85. The molecule has 0 radical (unpaired) electrons. The quantitative estimate of drug-likeness (QED) is 0.533. The smallest absolute Gasteiger partial charge is 0.341 e. The fourth-order valence-electron chi connectivity index (χ4n) is 2.12. The summed E-state index contributed by atoms with van der Waals surface area (Å²) in [4.78, 5) is 20.3. The van der Waals surface area contributed by atoms with Crippen molar-refractivity contribution in [3.8, 4) is 0 Å². The molecule has 0 fully saturated rings. The predicted molar refractivity (Wildman–Crippen MR) is 71.5 cm³/mol. The topological polar surface area (TPSA) is 56.5 Å². The van der Waals surface area contributed by atoms with E-state index >= 15 is 0 Å². The summed E-state index contributed by atoms with van der Waals surface area (Å²) in [6.07, 6.45) is 3.20. The van der Waals surface area contributed by atoms with Crippen LogP contribution in [0.3, 0.4) is 0 Å². The number of esters is 1.